The van der Waals surface area contributed by atoms with Gasteiger partial charge in [0.2, 0.25) is 0 Å². The summed E-state index contributed by atoms with van der Waals surface area (Å²) in [6.45, 7) is 0. The first kappa shape index (κ1) is 33.2. The van der Waals surface area contributed by atoms with E-state index >= 15 is 0 Å². The number of hydrogen-bond donors (Lipinski definition) is 0. The summed E-state index contributed by atoms with van der Waals surface area (Å²) in [5.74, 6) is 1.81. The molecule has 12 rings (SSSR count). The molecule has 0 saturated heterocycles. The smallest absolute Gasteiger partial charge is 0.164 e. The van der Waals surface area contributed by atoms with Crippen LogP contribution in [0.3, 0.4) is 0 Å². The summed E-state index contributed by atoms with van der Waals surface area (Å²) >= 11 is 0. The van der Waals surface area contributed by atoms with Crippen LogP contribution in [0.25, 0.3) is 122 Å². The summed E-state index contributed by atoms with van der Waals surface area (Å²) in [6.07, 6.45) is 0. The van der Waals surface area contributed by atoms with Crippen molar-refractivity contribution in [2.75, 3.05) is 0 Å². The van der Waals surface area contributed by atoms with Gasteiger partial charge in [-0.1, -0.05) is 170 Å². The number of fused-ring (bicyclic) bond motifs is 11. The molecule has 12 aromatic rings. The van der Waals surface area contributed by atoms with Gasteiger partial charge in [-0.05, 0) is 67.7 Å². The summed E-state index contributed by atoms with van der Waals surface area (Å²) < 4.78 is 6.65. The average Bonchev–Trinajstić information content (AvgIpc) is 3.72. The third kappa shape index (κ3) is 5.47. The van der Waals surface area contributed by atoms with Gasteiger partial charge in [0.1, 0.15) is 11.2 Å². The molecule has 0 aliphatic rings. The fourth-order valence-corrected chi connectivity index (χ4v) is 8.66. The maximum atomic E-state index is 6.65. The molecule has 0 atom stereocenters. The molecule has 59 heavy (non-hydrogen) atoms. The number of aromatic nitrogens is 4. The summed E-state index contributed by atoms with van der Waals surface area (Å²) in [5.41, 5.74) is 9.30. The van der Waals surface area contributed by atoms with E-state index in [-0.39, 0.29) is 0 Å². The van der Waals surface area contributed by atoms with Crippen LogP contribution in [0.5, 0.6) is 0 Å². The second-order valence-electron chi connectivity index (χ2n) is 15.0. The highest BCUT2D eigenvalue weighted by Gasteiger charge is 2.20. The van der Waals surface area contributed by atoms with Crippen LogP contribution in [0.1, 0.15) is 0 Å². The lowest BCUT2D eigenvalue weighted by molar-refractivity contribution is 0.672. The Bertz CT molecular complexity index is 3500. The molecule has 0 spiro atoms. The van der Waals surface area contributed by atoms with Crippen molar-refractivity contribution >= 4 is 65.2 Å². The lowest BCUT2D eigenvalue weighted by Crippen LogP contribution is -2.00. The van der Waals surface area contributed by atoms with Gasteiger partial charge < -0.3 is 4.42 Å². The standard InChI is InChI=1S/C54H32N4O/c1-3-13-35(14-4-1)52-56-53(36-15-5-2-6-16-36)58-54(57-52)38-28-30-44-47(32-38)55-50(49-45-21-11-12-22-48(45)59-51(44)49)34-25-23-33(24-26-34)37-27-29-43-41-19-8-7-17-39(41)40-18-9-10-20-42(40)46(43)31-37/h1-32H. The van der Waals surface area contributed by atoms with E-state index in [0.29, 0.717) is 17.5 Å². The van der Waals surface area contributed by atoms with E-state index in [9.17, 15) is 0 Å². The third-order valence-electron chi connectivity index (χ3n) is 11.5. The van der Waals surface area contributed by atoms with Crippen LogP contribution in [-0.2, 0) is 0 Å². The minimum atomic E-state index is 0.577. The minimum Gasteiger partial charge on any atom is -0.455 e. The van der Waals surface area contributed by atoms with Gasteiger partial charge in [0.05, 0.1) is 16.6 Å². The molecule has 274 valence electrons. The Hall–Kier alpha value is -8.02. The second-order valence-corrected chi connectivity index (χ2v) is 15.0. The number of rotatable bonds is 5. The molecule has 0 saturated carbocycles. The van der Waals surface area contributed by atoms with Gasteiger partial charge in [0.25, 0.3) is 0 Å². The van der Waals surface area contributed by atoms with Crippen LogP contribution in [0, 0.1) is 0 Å². The van der Waals surface area contributed by atoms with E-state index in [4.69, 9.17) is 24.4 Å². The zero-order chi connectivity index (χ0) is 38.9. The highest BCUT2D eigenvalue weighted by Crippen LogP contribution is 2.42. The molecule has 0 fully saturated rings. The molecule has 5 heteroatoms. The molecule has 0 N–H and O–H groups in total. The van der Waals surface area contributed by atoms with Crippen LogP contribution in [0.15, 0.2) is 199 Å². The highest BCUT2D eigenvalue weighted by atomic mass is 16.3. The SMILES string of the molecule is c1ccc(-c2nc(-c3ccccc3)nc(-c3ccc4c(c3)nc(-c3ccc(-c5ccc6c7ccccc7c7ccccc7c6c5)cc3)c3c5ccccc5oc43)n2)cc1. The van der Waals surface area contributed by atoms with E-state index in [2.05, 4.69) is 121 Å². The number of nitrogens with zero attached hydrogens (tertiary/aromatic N) is 4. The van der Waals surface area contributed by atoms with Crippen LogP contribution in [-0.4, -0.2) is 19.9 Å². The monoisotopic (exact) mass is 752 g/mol. The first-order chi connectivity index (χ1) is 29.2. The predicted octanol–water partition coefficient (Wildman–Crippen LogP) is 14.1. The van der Waals surface area contributed by atoms with Crippen LogP contribution in [0.4, 0.5) is 0 Å². The Kier molecular flexibility index (Phi) is 7.47. The van der Waals surface area contributed by atoms with E-state index in [1.54, 1.807) is 0 Å². The molecule has 5 nitrogen and oxygen atoms in total. The Labute approximate surface area is 338 Å². The number of furan rings is 1. The molecule has 0 unspecified atom stereocenters. The summed E-state index contributed by atoms with van der Waals surface area (Å²) in [7, 11) is 0. The molecule has 0 aliphatic carbocycles. The van der Waals surface area contributed by atoms with E-state index in [1.165, 1.54) is 37.9 Å². The molecule has 3 heterocycles. The fourth-order valence-electron chi connectivity index (χ4n) is 8.66. The van der Waals surface area contributed by atoms with Crippen molar-refractivity contribution in [3.8, 4) is 56.5 Å². The number of pyridine rings is 1. The number of hydrogen-bond acceptors (Lipinski definition) is 5. The Morgan fingerprint density at radius 1 is 0.288 bits per heavy atom. The van der Waals surface area contributed by atoms with Crippen molar-refractivity contribution in [2.45, 2.75) is 0 Å². The maximum Gasteiger partial charge on any atom is 0.164 e. The molecule has 0 amide bonds. The van der Waals surface area contributed by atoms with Gasteiger partial charge in [-0.15, -0.1) is 0 Å². The molecule has 0 bridgehead atoms. The average molecular weight is 753 g/mol. The maximum absolute atomic E-state index is 6.65. The Morgan fingerprint density at radius 2 is 0.746 bits per heavy atom. The van der Waals surface area contributed by atoms with Crippen molar-refractivity contribution < 1.29 is 4.42 Å². The van der Waals surface area contributed by atoms with Gasteiger partial charge in [0, 0.05) is 33.0 Å². The van der Waals surface area contributed by atoms with Crippen molar-refractivity contribution in [3.63, 3.8) is 0 Å². The van der Waals surface area contributed by atoms with E-state index < -0.39 is 0 Å². The van der Waals surface area contributed by atoms with Crippen LogP contribution >= 0.6 is 0 Å². The Morgan fingerprint density at radius 3 is 1.37 bits per heavy atom. The molecule has 3 aromatic heterocycles. The molecular formula is C54H32N4O. The molecule has 0 aliphatic heterocycles. The summed E-state index contributed by atoms with van der Waals surface area (Å²) in [6, 6.07) is 67.5. The summed E-state index contributed by atoms with van der Waals surface area (Å²) in [5, 5.41) is 10.6. The van der Waals surface area contributed by atoms with Gasteiger partial charge in [-0.3, -0.25) is 0 Å². The third-order valence-corrected chi connectivity index (χ3v) is 11.5. The van der Waals surface area contributed by atoms with Gasteiger partial charge in [-0.25, -0.2) is 19.9 Å². The zero-order valence-electron chi connectivity index (χ0n) is 31.7. The van der Waals surface area contributed by atoms with E-state index in [0.717, 1.165) is 66.4 Å². The topological polar surface area (TPSA) is 64.7 Å². The lowest BCUT2D eigenvalue weighted by Gasteiger charge is -2.12. The normalized spacial score (nSPS) is 11.7. The first-order valence-electron chi connectivity index (χ1n) is 19.8. The minimum absolute atomic E-state index is 0.577. The fraction of sp³-hybridized carbons (Fsp3) is 0. The van der Waals surface area contributed by atoms with Crippen LogP contribution < -0.4 is 0 Å². The zero-order valence-corrected chi connectivity index (χ0v) is 31.7. The van der Waals surface area contributed by atoms with Crippen molar-refractivity contribution in [3.05, 3.63) is 194 Å². The quantitative estimate of drug-likeness (QED) is 0.164. The second kappa shape index (κ2) is 13.3. The highest BCUT2D eigenvalue weighted by molar-refractivity contribution is 6.26. The Balaban J connectivity index is 1.01. The predicted molar refractivity (Wildman–Crippen MR) is 242 cm³/mol. The van der Waals surface area contributed by atoms with Gasteiger partial charge in [-0.2, -0.15) is 0 Å². The van der Waals surface area contributed by atoms with Gasteiger partial charge in [0.15, 0.2) is 17.5 Å². The lowest BCUT2D eigenvalue weighted by atomic mass is 9.92. The largest absolute Gasteiger partial charge is 0.455 e. The first-order valence-corrected chi connectivity index (χ1v) is 19.8. The van der Waals surface area contributed by atoms with Crippen molar-refractivity contribution in [1.82, 2.24) is 19.9 Å². The van der Waals surface area contributed by atoms with Crippen molar-refractivity contribution in [2.24, 2.45) is 0 Å². The van der Waals surface area contributed by atoms with Gasteiger partial charge >= 0.3 is 0 Å². The van der Waals surface area contributed by atoms with Crippen molar-refractivity contribution in [1.29, 1.82) is 0 Å². The van der Waals surface area contributed by atoms with Crippen LogP contribution in [0.2, 0.25) is 0 Å². The molecule has 0 radical (unpaired) electrons. The molecular weight excluding hydrogens is 721 g/mol. The number of benzene rings is 9. The summed E-state index contributed by atoms with van der Waals surface area (Å²) in [4.78, 5) is 20.3. The number of para-hydroxylation sites is 1. The molecule has 9 aromatic carbocycles. The van der Waals surface area contributed by atoms with E-state index in [1.807, 2.05) is 72.8 Å².